The Labute approximate surface area is 137 Å². The van der Waals surface area contributed by atoms with Crippen LogP contribution in [0.1, 0.15) is 58.3 Å². The maximum Gasteiger partial charge on any atom is 0.305 e. The van der Waals surface area contributed by atoms with Crippen molar-refractivity contribution in [3.05, 3.63) is 0 Å². The molecule has 0 aliphatic heterocycles. The Balaban J connectivity index is 3.75. The van der Waals surface area contributed by atoms with E-state index in [1.54, 1.807) is 0 Å². The summed E-state index contributed by atoms with van der Waals surface area (Å²) >= 11 is 0. The standard InChI is InChI=1S/C16H32O7/c1-2-3-4-5-6-7-8-9-14(20)23-11-13(19)16(22)15(21)12(18)10-17/h12-13,15-19,21-22H,2-11H2,1H3/t12-,13-,15-,16-/m1/s1. The molecule has 0 aliphatic carbocycles. The third kappa shape index (κ3) is 10.6. The zero-order valence-corrected chi connectivity index (χ0v) is 13.9. The van der Waals surface area contributed by atoms with Crippen LogP contribution in [0.3, 0.4) is 0 Å². The van der Waals surface area contributed by atoms with Gasteiger partial charge >= 0.3 is 5.97 Å². The Hall–Kier alpha value is -0.730. The van der Waals surface area contributed by atoms with Crippen molar-refractivity contribution in [2.45, 2.75) is 82.7 Å². The number of aliphatic hydroxyl groups excluding tert-OH is 5. The summed E-state index contributed by atoms with van der Waals surface area (Å²) in [7, 11) is 0. The zero-order chi connectivity index (χ0) is 17.7. The Bertz CT molecular complexity index is 298. The minimum atomic E-state index is -1.71. The van der Waals surface area contributed by atoms with E-state index in [4.69, 9.17) is 14.9 Å². The van der Waals surface area contributed by atoms with Gasteiger partial charge in [0.2, 0.25) is 0 Å². The van der Waals surface area contributed by atoms with Gasteiger partial charge in [0.05, 0.1) is 6.61 Å². The molecule has 0 spiro atoms. The molecule has 0 saturated heterocycles. The third-order valence-electron chi connectivity index (χ3n) is 3.72. The van der Waals surface area contributed by atoms with Crippen molar-refractivity contribution < 1.29 is 35.1 Å². The molecule has 5 N–H and O–H groups in total. The van der Waals surface area contributed by atoms with E-state index in [0.29, 0.717) is 0 Å². The number of unbranched alkanes of at least 4 members (excludes halogenated alkanes) is 6. The van der Waals surface area contributed by atoms with E-state index in [-0.39, 0.29) is 6.42 Å². The minimum absolute atomic E-state index is 0.248. The molecule has 0 unspecified atom stereocenters. The van der Waals surface area contributed by atoms with Gasteiger partial charge in [-0.3, -0.25) is 4.79 Å². The fraction of sp³-hybridized carbons (Fsp3) is 0.938. The summed E-state index contributed by atoms with van der Waals surface area (Å²) in [5.41, 5.74) is 0. The molecule has 0 saturated carbocycles. The van der Waals surface area contributed by atoms with Gasteiger partial charge in [-0.05, 0) is 6.42 Å². The summed E-state index contributed by atoms with van der Waals surface area (Å²) in [4.78, 5) is 11.5. The Morgan fingerprint density at radius 1 is 0.870 bits per heavy atom. The third-order valence-corrected chi connectivity index (χ3v) is 3.72. The molecular formula is C16H32O7. The van der Waals surface area contributed by atoms with Crippen LogP contribution in [0.4, 0.5) is 0 Å². The van der Waals surface area contributed by atoms with Gasteiger partial charge in [0.15, 0.2) is 0 Å². The summed E-state index contributed by atoms with van der Waals surface area (Å²) in [5.74, 6) is -0.470. The van der Waals surface area contributed by atoms with Gasteiger partial charge in [-0.25, -0.2) is 0 Å². The van der Waals surface area contributed by atoms with E-state index in [9.17, 15) is 20.1 Å². The second-order valence-corrected chi connectivity index (χ2v) is 5.85. The summed E-state index contributed by atoms with van der Waals surface area (Å²) in [5, 5.41) is 46.4. The van der Waals surface area contributed by atoms with E-state index >= 15 is 0 Å². The molecule has 0 radical (unpaired) electrons. The second-order valence-electron chi connectivity index (χ2n) is 5.85. The molecule has 23 heavy (non-hydrogen) atoms. The lowest BCUT2D eigenvalue weighted by Crippen LogP contribution is -2.47. The number of hydrogen-bond acceptors (Lipinski definition) is 7. The molecule has 7 nitrogen and oxygen atoms in total. The Morgan fingerprint density at radius 3 is 1.96 bits per heavy atom. The fourth-order valence-corrected chi connectivity index (χ4v) is 2.14. The number of carbonyl (C=O) groups is 1. The molecular weight excluding hydrogens is 304 g/mol. The first-order chi connectivity index (χ1) is 10.9. The van der Waals surface area contributed by atoms with Crippen LogP contribution in [0.5, 0.6) is 0 Å². The van der Waals surface area contributed by atoms with Crippen molar-refractivity contribution in [1.29, 1.82) is 0 Å². The first-order valence-corrected chi connectivity index (χ1v) is 8.42. The van der Waals surface area contributed by atoms with Crippen molar-refractivity contribution in [3.8, 4) is 0 Å². The van der Waals surface area contributed by atoms with Gasteiger partial charge in [-0.2, -0.15) is 0 Å². The van der Waals surface area contributed by atoms with Crippen LogP contribution >= 0.6 is 0 Å². The molecule has 0 aliphatic rings. The van der Waals surface area contributed by atoms with Crippen molar-refractivity contribution in [2.24, 2.45) is 0 Å². The summed E-state index contributed by atoms with van der Waals surface area (Å²) < 4.78 is 4.83. The van der Waals surface area contributed by atoms with Crippen molar-refractivity contribution in [1.82, 2.24) is 0 Å². The average molecular weight is 336 g/mol. The van der Waals surface area contributed by atoms with Gasteiger partial charge < -0.3 is 30.3 Å². The molecule has 0 heterocycles. The maximum atomic E-state index is 11.5. The molecule has 0 rings (SSSR count). The molecule has 138 valence electrons. The van der Waals surface area contributed by atoms with Gasteiger partial charge in [-0.1, -0.05) is 45.4 Å². The van der Waals surface area contributed by atoms with E-state index in [1.165, 1.54) is 25.7 Å². The smallest absolute Gasteiger partial charge is 0.305 e. The van der Waals surface area contributed by atoms with Crippen LogP contribution in [0.15, 0.2) is 0 Å². The molecule has 0 amide bonds. The van der Waals surface area contributed by atoms with E-state index in [0.717, 1.165) is 19.3 Å². The number of ether oxygens (including phenoxy) is 1. The van der Waals surface area contributed by atoms with E-state index < -0.39 is 43.6 Å². The predicted molar refractivity (Wildman–Crippen MR) is 84.7 cm³/mol. The number of aliphatic hydroxyl groups is 5. The van der Waals surface area contributed by atoms with Crippen LogP contribution in [0.25, 0.3) is 0 Å². The molecule has 7 heteroatoms. The summed E-state index contributed by atoms with van der Waals surface area (Å²) in [6.07, 6.45) is 1.31. The summed E-state index contributed by atoms with van der Waals surface area (Å²) in [6.45, 7) is 0.944. The Kier molecular flexibility index (Phi) is 13.3. The molecule has 0 aromatic heterocycles. The lowest BCUT2D eigenvalue weighted by atomic mass is 10.0. The highest BCUT2D eigenvalue weighted by Gasteiger charge is 2.30. The number of esters is 1. The number of carbonyl (C=O) groups excluding carboxylic acids is 1. The lowest BCUT2D eigenvalue weighted by Gasteiger charge is -2.25. The van der Waals surface area contributed by atoms with Crippen LogP contribution < -0.4 is 0 Å². The van der Waals surface area contributed by atoms with Crippen molar-refractivity contribution in [2.75, 3.05) is 13.2 Å². The Morgan fingerprint density at radius 2 is 1.39 bits per heavy atom. The van der Waals surface area contributed by atoms with Crippen molar-refractivity contribution >= 4 is 5.97 Å². The monoisotopic (exact) mass is 336 g/mol. The largest absolute Gasteiger partial charge is 0.463 e. The topological polar surface area (TPSA) is 127 Å². The highest BCUT2D eigenvalue weighted by atomic mass is 16.5. The normalized spacial score (nSPS) is 16.6. The van der Waals surface area contributed by atoms with Gasteiger partial charge in [-0.15, -0.1) is 0 Å². The maximum absolute atomic E-state index is 11.5. The van der Waals surface area contributed by atoms with Gasteiger partial charge in [0.1, 0.15) is 31.0 Å². The first-order valence-electron chi connectivity index (χ1n) is 8.42. The molecule has 0 aromatic rings. The van der Waals surface area contributed by atoms with Crippen LogP contribution in [-0.2, 0) is 9.53 Å². The molecule has 4 atom stereocenters. The van der Waals surface area contributed by atoms with E-state index in [1.807, 2.05) is 0 Å². The highest BCUT2D eigenvalue weighted by molar-refractivity contribution is 5.69. The zero-order valence-electron chi connectivity index (χ0n) is 13.9. The molecule has 0 fully saturated rings. The minimum Gasteiger partial charge on any atom is -0.463 e. The average Bonchev–Trinajstić information content (AvgIpc) is 2.56. The quantitative estimate of drug-likeness (QED) is 0.225. The summed E-state index contributed by atoms with van der Waals surface area (Å²) in [6, 6.07) is 0. The highest BCUT2D eigenvalue weighted by Crippen LogP contribution is 2.10. The predicted octanol–water partition coefficient (Wildman–Crippen LogP) is 0.106. The molecule has 0 aromatic carbocycles. The lowest BCUT2D eigenvalue weighted by molar-refractivity contribution is -0.156. The van der Waals surface area contributed by atoms with Crippen molar-refractivity contribution in [3.63, 3.8) is 0 Å². The van der Waals surface area contributed by atoms with Crippen LogP contribution in [-0.4, -0.2) is 69.1 Å². The van der Waals surface area contributed by atoms with Gasteiger partial charge in [0.25, 0.3) is 0 Å². The van der Waals surface area contributed by atoms with Crippen LogP contribution in [0.2, 0.25) is 0 Å². The fourth-order valence-electron chi connectivity index (χ4n) is 2.14. The number of hydrogen-bond donors (Lipinski definition) is 5. The van der Waals surface area contributed by atoms with Crippen LogP contribution in [0, 0.1) is 0 Å². The molecule has 0 bridgehead atoms. The van der Waals surface area contributed by atoms with Gasteiger partial charge in [0, 0.05) is 6.42 Å². The second kappa shape index (κ2) is 13.7. The number of rotatable bonds is 14. The van der Waals surface area contributed by atoms with E-state index in [2.05, 4.69) is 6.92 Å². The SMILES string of the molecule is CCCCCCCCCC(=O)OC[C@@H](O)[C@@H](O)[C@H](O)[C@H](O)CO. The first kappa shape index (κ1) is 22.3.